The molecule has 70 valence electrons. The smallest absolute Gasteiger partial charge is 0.322 e. The second-order valence-electron chi connectivity index (χ2n) is 3.04. The third kappa shape index (κ3) is 2.19. The zero-order valence-electron chi connectivity index (χ0n) is 7.50. The summed E-state index contributed by atoms with van der Waals surface area (Å²) in [5.74, 6) is 0.271. The molecule has 4 heteroatoms. The first-order chi connectivity index (χ1) is 5.77. The third-order valence-electron chi connectivity index (χ3n) is 2.11. The molecular formula is C8H15NO3. The maximum absolute atomic E-state index is 11.0. The Labute approximate surface area is 72.2 Å². The van der Waals surface area contributed by atoms with Gasteiger partial charge in [0.15, 0.2) is 0 Å². The van der Waals surface area contributed by atoms with Crippen molar-refractivity contribution in [1.82, 2.24) is 5.32 Å². The fourth-order valence-corrected chi connectivity index (χ4v) is 1.49. The van der Waals surface area contributed by atoms with Crippen molar-refractivity contribution in [2.45, 2.75) is 12.5 Å². The van der Waals surface area contributed by atoms with Gasteiger partial charge in [-0.2, -0.15) is 0 Å². The average Bonchev–Trinajstić information content (AvgIpc) is 2.52. The zero-order valence-corrected chi connectivity index (χ0v) is 7.50. The molecule has 1 heterocycles. The monoisotopic (exact) mass is 173 g/mol. The molecule has 0 spiro atoms. The van der Waals surface area contributed by atoms with E-state index in [1.807, 2.05) is 0 Å². The minimum absolute atomic E-state index is 0.129. The maximum atomic E-state index is 11.0. The lowest BCUT2D eigenvalue weighted by molar-refractivity contribution is -0.142. The molecule has 0 radical (unpaired) electrons. The van der Waals surface area contributed by atoms with Crippen molar-refractivity contribution in [1.29, 1.82) is 0 Å². The van der Waals surface area contributed by atoms with Crippen LogP contribution in [0.2, 0.25) is 0 Å². The molecule has 0 bridgehead atoms. The zero-order chi connectivity index (χ0) is 8.97. The van der Waals surface area contributed by atoms with E-state index < -0.39 is 0 Å². The molecule has 1 N–H and O–H groups in total. The molecule has 0 aliphatic carbocycles. The number of carbonyl (C=O) groups excluding carboxylic acids is 1. The molecule has 2 atom stereocenters. The van der Waals surface area contributed by atoms with Crippen LogP contribution < -0.4 is 5.32 Å². The van der Waals surface area contributed by atoms with E-state index in [0.29, 0.717) is 12.5 Å². The highest BCUT2D eigenvalue weighted by molar-refractivity contribution is 5.75. The molecule has 0 aromatic rings. The average molecular weight is 173 g/mol. The van der Waals surface area contributed by atoms with Crippen LogP contribution in [0.3, 0.4) is 0 Å². The highest BCUT2D eigenvalue weighted by Crippen LogP contribution is 2.14. The van der Waals surface area contributed by atoms with Crippen LogP contribution in [-0.2, 0) is 14.3 Å². The van der Waals surface area contributed by atoms with Crippen molar-refractivity contribution in [3.8, 4) is 0 Å². The summed E-state index contributed by atoms with van der Waals surface area (Å²) in [7, 11) is 3.08. The van der Waals surface area contributed by atoms with Crippen LogP contribution >= 0.6 is 0 Å². The number of nitrogens with one attached hydrogen (secondary N) is 1. The summed E-state index contributed by atoms with van der Waals surface area (Å²) >= 11 is 0. The number of esters is 1. The third-order valence-corrected chi connectivity index (χ3v) is 2.11. The Balaban J connectivity index is 2.30. The van der Waals surface area contributed by atoms with E-state index in [-0.39, 0.29) is 12.0 Å². The van der Waals surface area contributed by atoms with Crippen molar-refractivity contribution in [3.63, 3.8) is 0 Å². The van der Waals surface area contributed by atoms with Crippen LogP contribution in [0.4, 0.5) is 0 Å². The fourth-order valence-electron chi connectivity index (χ4n) is 1.49. The van der Waals surface area contributed by atoms with Gasteiger partial charge >= 0.3 is 5.97 Å². The Morgan fingerprint density at radius 2 is 2.33 bits per heavy atom. The lowest BCUT2D eigenvalue weighted by atomic mass is 10.1. The van der Waals surface area contributed by atoms with E-state index in [9.17, 15) is 4.79 Å². The van der Waals surface area contributed by atoms with Gasteiger partial charge in [0.2, 0.25) is 0 Å². The highest BCUT2D eigenvalue weighted by Gasteiger charge is 2.29. The quantitative estimate of drug-likeness (QED) is 0.600. The van der Waals surface area contributed by atoms with Crippen molar-refractivity contribution in [3.05, 3.63) is 0 Å². The lowest BCUT2D eigenvalue weighted by Crippen LogP contribution is -2.31. The predicted molar refractivity (Wildman–Crippen MR) is 43.8 cm³/mol. The normalized spacial score (nSPS) is 28.8. The molecule has 0 aromatic heterocycles. The summed E-state index contributed by atoms with van der Waals surface area (Å²) in [6.45, 7) is 1.55. The van der Waals surface area contributed by atoms with Gasteiger partial charge in [-0.25, -0.2) is 0 Å². The van der Waals surface area contributed by atoms with Crippen LogP contribution in [0, 0.1) is 5.92 Å². The topological polar surface area (TPSA) is 47.6 Å². The van der Waals surface area contributed by atoms with Gasteiger partial charge in [-0.3, -0.25) is 4.79 Å². The highest BCUT2D eigenvalue weighted by atomic mass is 16.5. The summed E-state index contributed by atoms with van der Waals surface area (Å²) in [6, 6.07) is -0.129. The van der Waals surface area contributed by atoms with Gasteiger partial charge in [0.25, 0.3) is 0 Å². The Hall–Kier alpha value is -0.610. The van der Waals surface area contributed by atoms with Gasteiger partial charge in [0, 0.05) is 13.7 Å². The number of carbonyl (C=O) groups is 1. The van der Waals surface area contributed by atoms with Gasteiger partial charge < -0.3 is 14.8 Å². The summed E-state index contributed by atoms with van der Waals surface area (Å²) in [5.41, 5.74) is 0. The van der Waals surface area contributed by atoms with Gasteiger partial charge in [0.05, 0.1) is 13.7 Å². The summed E-state index contributed by atoms with van der Waals surface area (Å²) in [4.78, 5) is 11.0. The summed E-state index contributed by atoms with van der Waals surface area (Å²) in [6.07, 6.45) is 0.820. The van der Waals surface area contributed by atoms with Gasteiger partial charge in [-0.15, -0.1) is 0 Å². The molecule has 0 amide bonds. The number of hydrogen-bond acceptors (Lipinski definition) is 4. The molecule has 1 rings (SSSR count). The predicted octanol–water partition coefficient (Wildman–Crippen LogP) is -0.216. The Bertz CT molecular complexity index is 160. The first kappa shape index (κ1) is 9.48. The first-order valence-corrected chi connectivity index (χ1v) is 4.08. The number of ether oxygens (including phenoxy) is 2. The van der Waals surface area contributed by atoms with E-state index in [0.717, 1.165) is 13.0 Å². The minimum atomic E-state index is -0.173. The molecule has 1 saturated heterocycles. The Morgan fingerprint density at radius 1 is 1.58 bits per heavy atom. The van der Waals surface area contributed by atoms with Crippen LogP contribution in [0.1, 0.15) is 6.42 Å². The number of hydrogen-bond donors (Lipinski definition) is 1. The van der Waals surface area contributed by atoms with Gasteiger partial charge in [-0.1, -0.05) is 0 Å². The second-order valence-corrected chi connectivity index (χ2v) is 3.04. The van der Waals surface area contributed by atoms with E-state index in [4.69, 9.17) is 4.74 Å². The van der Waals surface area contributed by atoms with Gasteiger partial charge in [0.1, 0.15) is 6.04 Å². The van der Waals surface area contributed by atoms with Crippen molar-refractivity contribution < 1.29 is 14.3 Å². The molecule has 1 fully saturated rings. The molecular weight excluding hydrogens is 158 g/mol. The molecule has 12 heavy (non-hydrogen) atoms. The van der Waals surface area contributed by atoms with Crippen LogP contribution in [0.25, 0.3) is 0 Å². The Kier molecular flexibility index (Phi) is 3.49. The van der Waals surface area contributed by atoms with E-state index in [2.05, 4.69) is 10.1 Å². The molecule has 0 saturated carbocycles. The van der Waals surface area contributed by atoms with Crippen LogP contribution in [-0.4, -0.2) is 39.4 Å². The van der Waals surface area contributed by atoms with Gasteiger partial charge in [-0.05, 0) is 12.3 Å². The lowest BCUT2D eigenvalue weighted by Gasteiger charge is -2.07. The summed E-state index contributed by atoms with van der Waals surface area (Å²) in [5, 5.41) is 3.09. The van der Waals surface area contributed by atoms with Crippen molar-refractivity contribution in [2.24, 2.45) is 5.92 Å². The van der Waals surface area contributed by atoms with E-state index in [1.165, 1.54) is 7.11 Å². The summed E-state index contributed by atoms with van der Waals surface area (Å²) < 4.78 is 9.61. The largest absolute Gasteiger partial charge is 0.468 e. The van der Waals surface area contributed by atoms with Crippen LogP contribution in [0.15, 0.2) is 0 Å². The van der Waals surface area contributed by atoms with Crippen molar-refractivity contribution >= 4 is 5.97 Å². The second kappa shape index (κ2) is 4.42. The maximum Gasteiger partial charge on any atom is 0.322 e. The molecule has 1 aliphatic heterocycles. The van der Waals surface area contributed by atoms with Crippen molar-refractivity contribution in [2.75, 3.05) is 27.4 Å². The van der Waals surface area contributed by atoms with E-state index in [1.54, 1.807) is 7.11 Å². The molecule has 1 unspecified atom stereocenters. The standard InChI is InChI=1S/C8H15NO3/c1-11-5-6-3-7(9-4-6)8(10)12-2/h6-7,9H,3-5H2,1-2H3/t6?,7-/m0/s1. The Morgan fingerprint density at radius 3 is 2.92 bits per heavy atom. The number of methoxy groups -OCH3 is 2. The SMILES string of the molecule is COCC1CN[C@H](C(=O)OC)C1. The van der Waals surface area contributed by atoms with Crippen LogP contribution in [0.5, 0.6) is 0 Å². The fraction of sp³-hybridized carbons (Fsp3) is 0.875. The van der Waals surface area contributed by atoms with E-state index >= 15 is 0 Å². The minimum Gasteiger partial charge on any atom is -0.468 e. The molecule has 1 aliphatic rings. The first-order valence-electron chi connectivity index (χ1n) is 4.08. The molecule has 4 nitrogen and oxygen atoms in total. The molecule has 0 aromatic carbocycles. The number of rotatable bonds is 3.